The normalized spacial score (nSPS) is 11.1. The predicted molar refractivity (Wildman–Crippen MR) is 114 cm³/mol. The van der Waals surface area contributed by atoms with Crippen LogP contribution in [0.3, 0.4) is 0 Å². The van der Waals surface area contributed by atoms with Gasteiger partial charge in [-0.3, -0.25) is 14.6 Å². The molecule has 0 unspecified atom stereocenters. The van der Waals surface area contributed by atoms with Gasteiger partial charge in [0.25, 0.3) is 5.91 Å². The van der Waals surface area contributed by atoms with Crippen LogP contribution < -0.4 is 10.7 Å². The van der Waals surface area contributed by atoms with Crippen LogP contribution in [0.5, 0.6) is 0 Å². The number of nitrogens with one attached hydrogen (secondary N) is 1. The average molecular weight is 412 g/mol. The molecule has 7 heteroatoms. The van der Waals surface area contributed by atoms with Gasteiger partial charge >= 0.3 is 0 Å². The van der Waals surface area contributed by atoms with E-state index in [9.17, 15) is 9.59 Å². The lowest BCUT2D eigenvalue weighted by Gasteiger charge is -2.12. The maximum Gasteiger partial charge on any atom is 0.261 e. The Morgan fingerprint density at radius 1 is 1.11 bits per heavy atom. The summed E-state index contributed by atoms with van der Waals surface area (Å²) in [7, 11) is 1.75. The first-order valence-electron chi connectivity index (χ1n) is 8.51. The average Bonchev–Trinajstić information content (AvgIpc) is 2.65. The number of aromatic nitrogens is 2. The van der Waals surface area contributed by atoms with E-state index in [0.717, 1.165) is 5.69 Å². The van der Waals surface area contributed by atoms with Crippen molar-refractivity contribution < 1.29 is 4.79 Å². The number of hydrogen-bond donors (Lipinski definition) is 1. The molecule has 4 rings (SSSR count). The van der Waals surface area contributed by atoms with Crippen molar-refractivity contribution in [2.45, 2.75) is 6.92 Å². The van der Waals surface area contributed by atoms with E-state index in [1.54, 1.807) is 54.1 Å². The molecule has 0 aliphatic heterocycles. The number of carbonyl (C=O) groups is 1. The van der Waals surface area contributed by atoms with Crippen LogP contribution in [0.25, 0.3) is 21.8 Å². The highest BCUT2D eigenvalue weighted by molar-refractivity contribution is 6.35. The number of anilines is 1. The monoisotopic (exact) mass is 411 g/mol. The van der Waals surface area contributed by atoms with E-state index >= 15 is 0 Å². The van der Waals surface area contributed by atoms with Gasteiger partial charge in [-0.1, -0.05) is 29.3 Å². The molecule has 0 fully saturated rings. The van der Waals surface area contributed by atoms with Gasteiger partial charge in [-0.15, -0.1) is 0 Å². The SMILES string of the molecule is Cc1cc(NC(=O)c2cn(C)c3c(Cl)cccc3c2=O)c2cc(Cl)ccc2n1. The van der Waals surface area contributed by atoms with Gasteiger partial charge in [-0.05, 0) is 43.3 Å². The number of fused-ring (bicyclic) bond motifs is 2. The van der Waals surface area contributed by atoms with Crippen molar-refractivity contribution in [3.63, 3.8) is 0 Å². The first kappa shape index (κ1) is 18.5. The van der Waals surface area contributed by atoms with E-state index in [1.165, 1.54) is 6.20 Å². The molecule has 28 heavy (non-hydrogen) atoms. The van der Waals surface area contributed by atoms with Gasteiger partial charge < -0.3 is 9.88 Å². The third-order valence-electron chi connectivity index (χ3n) is 4.54. The van der Waals surface area contributed by atoms with E-state index in [4.69, 9.17) is 23.2 Å². The van der Waals surface area contributed by atoms with Crippen LogP contribution in [0.2, 0.25) is 10.0 Å². The van der Waals surface area contributed by atoms with Gasteiger partial charge in [0.15, 0.2) is 0 Å². The summed E-state index contributed by atoms with van der Waals surface area (Å²) in [4.78, 5) is 30.3. The second kappa shape index (κ2) is 6.93. The Bertz CT molecular complexity index is 1330. The lowest BCUT2D eigenvalue weighted by atomic mass is 10.1. The minimum Gasteiger partial charge on any atom is -0.348 e. The Kier molecular flexibility index (Phi) is 4.57. The number of para-hydroxylation sites is 1. The molecule has 0 atom stereocenters. The van der Waals surface area contributed by atoms with Gasteiger partial charge in [-0.2, -0.15) is 0 Å². The molecule has 0 saturated carbocycles. The summed E-state index contributed by atoms with van der Waals surface area (Å²) in [6.45, 7) is 1.83. The molecule has 5 nitrogen and oxygen atoms in total. The lowest BCUT2D eigenvalue weighted by molar-refractivity contribution is 0.102. The van der Waals surface area contributed by atoms with E-state index in [0.29, 0.717) is 37.5 Å². The van der Waals surface area contributed by atoms with Gasteiger partial charge in [0.1, 0.15) is 5.56 Å². The number of amides is 1. The quantitative estimate of drug-likeness (QED) is 0.507. The van der Waals surface area contributed by atoms with E-state index in [2.05, 4.69) is 10.3 Å². The summed E-state index contributed by atoms with van der Waals surface area (Å²) >= 11 is 12.3. The van der Waals surface area contributed by atoms with Gasteiger partial charge in [-0.25, -0.2) is 0 Å². The molecule has 0 aliphatic rings. The number of hydrogen-bond acceptors (Lipinski definition) is 3. The Hall–Kier alpha value is -2.89. The van der Waals surface area contributed by atoms with Crippen LogP contribution in [0.15, 0.2) is 53.5 Å². The second-order valence-electron chi connectivity index (χ2n) is 6.55. The molecule has 2 aromatic heterocycles. The topological polar surface area (TPSA) is 64.0 Å². The van der Waals surface area contributed by atoms with Crippen LogP contribution in [-0.2, 0) is 7.05 Å². The lowest BCUT2D eigenvalue weighted by Crippen LogP contribution is -2.23. The second-order valence-corrected chi connectivity index (χ2v) is 7.39. The molecule has 2 heterocycles. The molecule has 4 aromatic rings. The molecule has 0 radical (unpaired) electrons. The highest BCUT2D eigenvalue weighted by Crippen LogP contribution is 2.27. The highest BCUT2D eigenvalue weighted by Gasteiger charge is 2.17. The number of rotatable bonds is 2. The van der Waals surface area contributed by atoms with Crippen LogP contribution in [0.1, 0.15) is 16.1 Å². The van der Waals surface area contributed by atoms with Gasteiger partial charge in [0, 0.05) is 34.7 Å². The molecule has 0 aliphatic carbocycles. The Morgan fingerprint density at radius 3 is 2.68 bits per heavy atom. The number of nitrogens with zero attached hydrogens (tertiary/aromatic N) is 2. The van der Waals surface area contributed by atoms with Gasteiger partial charge in [0.05, 0.1) is 21.7 Å². The van der Waals surface area contributed by atoms with Crippen LogP contribution >= 0.6 is 23.2 Å². The highest BCUT2D eigenvalue weighted by atomic mass is 35.5. The summed E-state index contributed by atoms with van der Waals surface area (Å²) in [6, 6.07) is 12.1. The third kappa shape index (κ3) is 3.13. The van der Waals surface area contributed by atoms with Crippen molar-refractivity contribution in [3.05, 3.63) is 80.2 Å². The van der Waals surface area contributed by atoms with Crippen molar-refractivity contribution in [2.24, 2.45) is 7.05 Å². The first-order valence-corrected chi connectivity index (χ1v) is 9.27. The van der Waals surface area contributed by atoms with E-state index < -0.39 is 5.91 Å². The number of carbonyl (C=O) groups excluding carboxylic acids is 1. The fourth-order valence-electron chi connectivity index (χ4n) is 3.30. The van der Waals surface area contributed by atoms with Crippen molar-refractivity contribution >= 4 is 56.6 Å². The molecule has 0 bridgehead atoms. The summed E-state index contributed by atoms with van der Waals surface area (Å²) in [5, 5.41) is 4.91. The summed E-state index contributed by atoms with van der Waals surface area (Å²) in [5.41, 5.74) is 2.23. The number of aryl methyl sites for hydroxylation is 2. The molecule has 0 spiro atoms. The van der Waals surface area contributed by atoms with Crippen LogP contribution in [-0.4, -0.2) is 15.5 Å². The standard InChI is InChI=1S/C21H15Cl2N3O2/c1-11-8-18(14-9-12(22)6-7-17(14)24-11)25-21(28)15-10-26(2)19-13(20(15)27)4-3-5-16(19)23/h3-10H,1-2H3,(H,24,25,28). The fraction of sp³-hybridized carbons (Fsp3) is 0.0952. The van der Waals surface area contributed by atoms with Crippen molar-refractivity contribution in [1.82, 2.24) is 9.55 Å². The zero-order chi connectivity index (χ0) is 20.0. The summed E-state index contributed by atoms with van der Waals surface area (Å²) in [6.07, 6.45) is 1.50. The molecule has 2 aromatic carbocycles. The Morgan fingerprint density at radius 2 is 1.89 bits per heavy atom. The molecule has 1 N–H and O–H groups in total. The fourth-order valence-corrected chi connectivity index (χ4v) is 3.78. The maximum atomic E-state index is 12.9. The molecule has 140 valence electrons. The van der Waals surface area contributed by atoms with Crippen molar-refractivity contribution in [3.8, 4) is 0 Å². The summed E-state index contributed by atoms with van der Waals surface area (Å²) in [5.74, 6) is -0.505. The Balaban J connectivity index is 1.84. The van der Waals surface area contributed by atoms with Crippen molar-refractivity contribution in [2.75, 3.05) is 5.32 Å². The van der Waals surface area contributed by atoms with Gasteiger partial charge in [0.2, 0.25) is 5.43 Å². The van der Waals surface area contributed by atoms with Crippen LogP contribution in [0.4, 0.5) is 5.69 Å². The molecular formula is C21H15Cl2N3O2. The molecule has 0 saturated heterocycles. The third-order valence-corrected chi connectivity index (χ3v) is 5.08. The predicted octanol–water partition coefficient (Wildman–Crippen LogP) is 4.95. The molecular weight excluding hydrogens is 397 g/mol. The minimum atomic E-state index is -0.505. The van der Waals surface area contributed by atoms with Crippen LogP contribution in [0, 0.1) is 6.92 Å². The smallest absolute Gasteiger partial charge is 0.261 e. The van der Waals surface area contributed by atoms with E-state index in [1.807, 2.05) is 6.92 Å². The largest absolute Gasteiger partial charge is 0.348 e. The van der Waals surface area contributed by atoms with Crippen molar-refractivity contribution in [1.29, 1.82) is 0 Å². The minimum absolute atomic E-state index is 0.0295. The first-order chi connectivity index (χ1) is 13.3. The zero-order valence-corrected chi connectivity index (χ0v) is 16.6. The number of pyridine rings is 2. The Labute approximate surface area is 170 Å². The van der Waals surface area contributed by atoms with E-state index in [-0.39, 0.29) is 11.0 Å². The molecule has 1 amide bonds. The maximum absolute atomic E-state index is 12.9. The zero-order valence-electron chi connectivity index (χ0n) is 15.1. The summed E-state index contributed by atoms with van der Waals surface area (Å²) < 4.78 is 1.68. The number of halogens is 2. The number of benzene rings is 2.